The molecule has 0 saturated heterocycles. The summed E-state index contributed by atoms with van der Waals surface area (Å²) in [5.74, 6) is 2.75. The van der Waals surface area contributed by atoms with Crippen LogP contribution in [0.2, 0.25) is 0 Å². The Morgan fingerprint density at radius 2 is 1.20 bits per heavy atom. The molecule has 90 valence electrons. The van der Waals surface area contributed by atoms with Gasteiger partial charge in [0.1, 0.15) is 0 Å². The lowest BCUT2D eigenvalue weighted by Crippen LogP contribution is -2.40. The second-order valence-corrected chi connectivity index (χ2v) is 7.86. The molecule has 1 aliphatic rings. The number of rotatable bonds is 0. The van der Waals surface area contributed by atoms with Gasteiger partial charge in [-0.1, -0.05) is 54.9 Å². The van der Waals surface area contributed by atoms with Gasteiger partial charge in [-0.25, -0.2) is 0 Å². The standard InChI is InChI=1S/C15H30/c1-11-8-9-12(14(2,3)4)13(10-11)15(5,6)7/h11-13H,8-10H2,1-7H3/t11-,12?,13?/m1/s1. The normalized spacial score (nSPS) is 34.2. The van der Waals surface area contributed by atoms with E-state index in [-0.39, 0.29) is 0 Å². The average Bonchev–Trinajstić information content (AvgIpc) is 2.00. The molecule has 1 fully saturated rings. The summed E-state index contributed by atoms with van der Waals surface area (Å²) in [5, 5.41) is 0. The van der Waals surface area contributed by atoms with E-state index in [9.17, 15) is 0 Å². The predicted molar refractivity (Wildman–Crippen MR) is 68.9 cm³/mol. The quantitative estimate of drug-likeness (QED) is 0.520. The van der Waals surface area contributed by atoms with Crippen LogP contribution >= 0.6 is 0 Å². The molecular weight excluding hydrogens is 180 g/mol. The van der Waals surface area contributed by atoms with Crippen molar-refractivity contribution in [1.82, 2.24) is 0 Å². The Labute approximate surface area is 96.8 Å². The van der Waals surface area contributed by atoms with E-state index in [4.69, 9.17) is 0 Å². The Morgan fingerprint density at radius 1 is 0.733 bits per heavy atom. The molecule has 3 atom stereocenters. The summed E-state index contributed by atoms with van der Waals surface area (Å²) < 4.78 is 0. The van der Waals surface area contributed by atoms with Crippen LogP contribution in [0.3, 0.4) is 0 Å². The Morgan fingerprint density at radius 3 is 1.60 bits per heavy atom. The van der Waals surface area contributed by atoms with Crippen LogP contribution in [0.15, 0.2) is 0 Å². The first-order valence-corrected chi connectivity index (χ1v) is 6.62. The highest BCUT2D eigenvalue weighted by atomic mass is 14.5. The molecule has 0 aromatic rings. The maximum Gasteiger partial charge on any atom is -0.0329 e. The second-order valence-electron chi connectivity index (χ2n) is 7.86. The zero-order valence-electron chi connectivity index (χ0n) is 11.9. The lowest BCUT2D eigenvalue weighted by atomic mass is 9.57. The molecule has 0 heteroatoms. The van der Waals surface area contributed by atoms with Crippen molar-refractivity contribution in [2.45, 2.75) is 67.7 Å². The van der Waals surface area contributed by atoms with Crippen molar-refractivity contribution < 1.29 is 0 Å². The summed E-state index contributed by atoms with van der Waals surface area (Å²) in [6.07, 6.45) is 4.31. The molecule has 1 rings (SSSR count). The first kappa shape index (κ1) is 13.1. The van der Waals surface area contributed by atoms with Crippen LogP contribution in [-0.2, 0) is 0 Å². The molecule has 0 aromatic carbocycles. The van der Waals surface area contributed by atoms with Gasteiger partial charge in [-0.15, -0.1) is 0 Å². The zero-order chi connectivity index (χ0) is 11.9. The summed E-state index contributed by atoms with van der Waals surface area (Å²) in [7, 11) is 0. The molecule has 0 heterocycles. The Balaban J connectivity index is 2.85. The molecule has 15 heavy (non-hydrogen) atoms. The van der Waals surface area contributed by atoms with Crippen LogP contribution in [0.4, 0.5) is 0 Å². The van der Waals surface area contributed by atoms with Gasteiger partial charge in [0.25, 0.3) is 0 Å². The molecule has 0 radical (unpaired) electrons. The van der Waals surface area contributed by atoms with Gasteiger partial charge in [-0.3, -0.25) is 0 Å². The van der Waals surface area contributed by atoms with E-state index in [1.54, 1.807) is 0 Å². The summed E-state index contributed by atoms with van der Waals surface area (Å²) in [4.78, 5) is 0. The minimum atomic E-state index is 0.479. The highest BCUT2D eigenvalue weighted by Gasteiger charge is 2.41. The van der Waals surface area contributed by atoms with Gasteiger partial charge in [0.2, 0.25) is 0 Å². The predicted octanol–water partition coefficient (Wildman–Crippen LogP) is 5.13. The summed E-state index contributed by atoms with van der Waals surface area (Å²) in [6, 6.07) is 0. The lowest BCUT2D eigenvalue weighted by Gasteiger charge is -2.48. The second kappa shape index (κ2) is 4.11. The third-order valence-corrected chi connectivity index (χ3v) is 4.34. The van der Waals surface area contributed by atoms with Crippen LogP contribution in [0.1, 0.15) is 67.7 Å². The molecule has 0 aliphatic heterocycles. The maximum atomic E-state index is 2.43. The molecule has 0 bridgehead atoms. The monoisotopic (exact) mass is 210 g/mol. The highest BCUT2D eigenvalue weighted by Crippen LogP contribution is 2.50. The average molecular weight is 210 g/mol. The van der Waals surface area contributed by atoms with E-state index in [2.05, 4.69) is 48.5 Å². The summed E-state index contributed by atoms with van der Waals surface area (Å²) in [6.45, 7) is 17.0. The molecule has 2 unspecified atom stereocenters. The van der Waals surface area contributed by atoms with E-state index < -0.39 is 0 Å². The summed E-state index contributed by atoms with van der Waals surface area (Å²) >= 11 is 0. The summed E-state index contributed by atoms with van der Waals surface area (Å²) in [5.41, 5.74) is 0.963. The van der Waals surface area contributed by atoms with Crippen LogP contribution in [-0.4, -0.2) is 0 Å². The molecule has 0 amide bonds. The molecule has 1 saturated carbocycles. The zero-order valence-corrected chi connectivity index (χ0v) is 11.9. The Kier molecular flexibility index (Phi) is 3.58. The van der Waals surface area contributed by atoms with E-state index in [0.29, 0.717) is 10.8 Å². The third-order valence-electron chi connectivity index (χ3n) is 4.34. The smallest absolute Gasteiger partial charge is 0.0329 e. The molecule has 0 nitrogen and oxygen atoms in total. The first-order valence-electron chi connectivity index (χ1n) is 6.62. The Bertz CT molecular complexity index is 201. The number of hydrogen-bond donors (Lipinski definition) is 0. The minimum absolute atomic E-state index is 0.479. The molecule has 1 aliphatic carbocycles. The highest BCUT2D eigenvalue weighted by molar-refractivity contribution is 4.91. The SMILES string of the molecule is C[C@@H]1CCC(C(C)(C)C)C(C(C)(C)C)C1. The van der Waals surface area contributed by atoms with Crippen LogP contribution in [0, 0.1) is 28.6 Å². The van der Waals surface area contributed by atoms with Gasteiger partial charge in [0.05, 0.1) is 0 Å². The van der Waals surface area contributed by atoms with Crippen LogP contribution in [0.25, 0.3) is 0 Å². The van der Waals surface area contributed by atoms with Crippen molar-refractivity contribution >= 4 is 0 Å². The Hall–Kier alpha value is 0. The van der Waals surface area contributed by atoms with Gasteiger partial charge < -0.3 is 0 Å². The topological polar surface area (TPSA) is 0 Å². The van der Waals surface area contributed by atoms with Crippen molar-refractivity contribution in [1.29, 1.82) is 0 Å². The van der Waals surface area contributed by atoms with Gasteiger partial charge in [-0.05, 0) is 41.4 Å². The third kappa shape index (κ3) is 3.23. The van der Waals surface area contributed by atoms with Crippen molar-refractivity contribution in [3.05, 3.63) is 0 Å². The largest absolute Gasteiger partial charge is 0.0625 e. The van der Waals surface area contributed by atoms with E-state index in [1.807, 2.05) is 0 Å². The fourth-order valence-corrected chi connectivity index (χ4v) is 3.37. The van der Waals surface area contributed by atoms with E-state index in [0.717, 1.165) is 17.8 Å². The first-order chi connectivity index (χ1) is 6.62. The van der Waals surface area contributed by atoms with Crippen molar-refractivity contribution in [2.24, 2.45) is 28.6 Å². The van der Waals surface area contributed by atoms with Gasteiger partial charge >= 0.3 is 0 Å². The van der Waals surface area contributed by atoms with E-state index >= 15 is 0 Å². The van der Waals surface area contributed by atoms with Crippen LogP contribution in [0.5, 0.6) is 0 Å². The molecule has 0 N–H and O–H groups in total. The van der Waals surface area contributed by atoms with E-state index in [1.165, 1.54) is 19.3 Å². The fraction of sp³-hybridized carbons (Fsp3) is 1.00. The lowest BCUT2D eigenvalue weighted by molar-refractivity contribution is 0.0151. The maximum absolute atomic E-state index is 2.43. The van der Waals surface area contributed by atoms with Gasteiger partial charge in [0, 0.05) is 0 Å². The minimum Gasteiger partial charge on any atom is -0.0625 e. The van der Waals surface area contributed by atoms with Gasteiger partial charge in [0.15, 0.2) is 0 Å². The van der Waals surface area contributed by atoms with Crippen LogP contribution < -0.4 is 0 Å². The van der Waals surface area contributed by atoms with Crippen molar-refractivity contribution in [2.75, 3.05) is 0 Å². The van der Waals surface area contributed by atoms with Crippen molar-refractivity contribution in [3.8, 4) is 0 Å². The van der Waals surface area contributed by atoms with Crippen molar-refractivity contribution in [3.63, 3.8) is 0 Å². The number of hydrogen-bond acceptors (Lipinski definition) is 0. The fourth-order valence-electron chi connectivity index (χ4n) is 3.37. The molecule has 0 aromatic heterocycles. The molecule has 0 spiro atoms. The van der Waals surface area contributed by atoms with Gasteiger partial charge in [-0.2, -0.15) is 0 Å². The molecular formula is C15H30.